The molecule has 2 aromatic rings. The maximum absolute atomic E-state index is 12.4. The second kappa shape index (κ2) is 5.78. The van der Waals surface area contributed by atoms with E-state index >= 15 is 0 Å². The molecule has 124 valence electrons. The van der Waals surface area contributed by atoms with E-state index in [4.69, 9.17) is 4.74 Å². The van der Waals surface area contributed by atoms with Crippen LogP contribution in [0.2, 0.25) is 0 Å². The number of ketones is 1. The van der Waals surface area contributed by atoms with Gasteiger partial charge in [0.15, 0.2) is 5.78 Å². The molecule has 1 N–H and O–H groups in total. The van der Waals surface area contributed by atoms with Gasteiger partial charge in [0.2, 0.25) is 0 Å². The molecule has 0 aliphatic carbocycles. The summed E-state index contributed by atoms with van der Waals surface area (Å²) in [4.78, 5) is 24.5. The van der Waals surface area contributed by atoms with E-state index in [0.717, 1.165) is 22.5 Å². The molecule has 0 amide bonds. The lowest BCUT2D eigenvalue weighted by Crippen LogP contribution is -2.24. The summed E-state index contributed by atoms with van der Waals surface area (Å²) in [5.74, 6) is -0.491. The quantitative estimate of drug-likeness (QED) is 0.557. The molecule has 0 spiro atoms. The van der Waals surface area contributed by atoms with Crippen LogP contribution in [0.15, 0.2) is 36.4 Å². The van der Waals surface area contributed by atoms with Crippen LogP contribution in [-0.4, -0.2) is 17.4 Å². The number of ether oxygens (including phenoxy) is 1. The Morgan fingerprint density at radius 3 is 2.46 bits per heavy atom. The molecule has 4 nitrogen and oxygen atoms in total. The van der Waals surface area contributed by atoms with Crippen molar-refractivity contribution in [1.29, 1.82) is 0 Å². The molecule has 1 heterocycles. The summed E-state index contributed by atoms with van der Waals surface area (Å²) in [6.45, 7) is 6.99. The summed E-state index contributed by atoms with van der Waals surface area (Å²) in [5, 5.41) is 3.33. The smallest absolute Gasteiger partial charge is 0.338 e. The third-order valence-electron chi connectivity index (χ3n) is 3.89. The molecule has 0 bridgehead atoms. The van der Waals surface area contributed by atoms with Gasteiger partial charge in [-0.3, -0.25) is 4.79 Å². The van der Waals surface area contributed by atoms with E-state index in [2.05, 4.69) is 5.32 Å². The SMILES string of the molecule is CC(=O)c1cc(C(=O)OC(C)(C)C)cc2c1Nc1ccccc1C2. The van der Waals surface area contributed by atoms with Gasteiger partial charge < -0.3 is 10.1 Å². The zero-order valence-corrected chi connectivity index (χ0v) is 14.4. The summed E-state index contributed by atoms with van der Waals surface area (Å²) in [6.07, 6.45) is 0.676. The predicted molar refractivity (Wildman–Crippen MR) is 94.1 cm³/mol. The third-order valence-corrected chi connectivity index (χ3v) is 3.89. The Balaban J connectivity index is 2.06. The van der Waals surface area contributed by atoms with Gasteiger partial charge >= 0.3 is 5.97 Å². The zero-order valence-electron chi connectivity index (χ0n) is 14.4. The average Bonchev–Trinajstić information content (AvgIpc) is 2.49. The topological polar surface area (TPSA) is 55.4 Å². The minimum atomic E-state index is -0.575. The molecular formula is C20H21NO3. The summed E-state index contributed by atoms with van der Waals surface area (Å²) in [5.41, 5.74) is 4.21. The summed E-state index contributed by atoms with van der Waals surface area (Å²) < 4.78 is 5.45. The Hall–Kier alpha value is -2.62. The standard InChI is InChI=1S/C20H21NO3/c1-12(22)16-11-15(19(23)24-20(2,3)4)10-14-9-13-7-5-6-8-17(13)21-18(14)16/h5-8,10-11,21H,9H2,1-4H3. The fourth-order valence-corrected chi connectivity index (χ4v) is 2.86. The van der Waals surface area contributed by atoms with E-state index in [1.165, 1.54) is 6.92 Å². The Morgan fingerprint density at radius 2 is 1.79 bits per heavy atom. The number of fused-ring (bicyclic) bond motifs is 2. The lowest BCUT2D eigenvalue weighted by Gasteiger charge is -2.25. The van der Waals surface area contributed by atoms with E-state index in [0.29, 0.717) is 17.5 Å². The first-order valence-electron chi connectivity index (χ1n) is 8.01. The number of carbonyl (C=O) groups is 2. The van der Waals surface area contributed by atoms with Crippen molar-refractivity contribution in [3.63, 3.8) is 0 Å². The number of hydrogen-bond acceptors (Lipinski definition) is 4. The highest BCUT2D eigenvalue weighted by molar-refractivity contribution is 6.04. The van der Waals surface area contributed by atoms with Crippen LogP contribution in [-0.2, 0) is 11.2 Å². The molecule has 0 fully saturated rings. The van der Waals surface area contributed by atoms with Crippen molar-refractivity contribution in [1.82, 2.24) is 0 Å². The molecule has 4 heteroatoms. The molecule has 0 radical (unpaired) electrons. The van der Waals surface area contributed by atoms with Crippen LogP contribution in [0.25, 0.3) is 0 Å². The Bertz CT molecular complexity index is 831. The number of nitrogens with one attached hydrogen (secondary N) is 1. The first-order chi connectivity index (χ1) is 11.2. The van der Waals surface area contributed by atoms with Gasteiger partial charge in [-0.05, 0) is 57.0 Å². The van der Waals surface area contributed by atoms with Gasteiger partial charge in [-0.2, -0.15) is 0 Å². The fourth-order valence-electron chi connectivity index (χ4n) is 2.86. The highest BCUT2D eigenvalue weighted by Gasteiger charge is 2.24. The van der Waals surface area contributed by atoms with Gasteiger partial charge in [0.05, 0.1) is 11.3 Å². The molecule has 0 saturated carbocycles. The Morgan fingerprint density at radius 1 is 1.08 bits per heavy atom. The first kappa shape index (κ1) is 16.2. The normalized spacial score (nSPS) is 12.7. The van der Waals surface area contributed by atoms with Gasteiger partial charge in [-0.15, -0.1) is 0 Å². The van der Waals surface area contributed by atoms with E-state index in [1.807, 2.05) is 51.1 Å². The summed E-state index contributed by atoms with van der Waals surface area (Å²) in [6, 6.07) is 11.4. The molecule has 0 atom stereocenters. The van der Waals surface area contributed by atoms with Gasteiger partial charge in [-0.25, -0.2) is 4.79 Å². The number of benzene rings is 2. The van der Waals surface area contributed by atoms with Crippen LogP contribution in [0.1, 0.15) is 59.5 Å². The largest absolute Gasteiger partial charge is 0.456 e. The molecule has 0 saturated heterocycles. The average molecular weight is 323 g/mol. The summed E-state index contributed by atoms with van der Waals surface area (Å²) in [7, 11) is 0. The number of carbonyl (C=O) groups excluding carboxylic acids is 2. The number of para-hydroxylation sites is 1. The predicted octanol–water partition coefficient (Wildman–Crippen LogP) is 4.49. The number of rotatable bonds is 2. The van der Waals surface area contributed by atoms with Crippen LogP contribution in [0, 0.1) is 0 Å². The van der Waals surface area contributed by atoms with Crippen LogP contribution in [0.3, 0.4) is 0 Å². The van der Waals surface area contributed by atoms with Crippen molar-refractivity contribution in [2.24, 2.45) is 0 Å². The molecule has 3 rings (SSSR count). The number of hydrogen-bond donors (Lipinski definition) is 1. The third kappa shape index (κ3) is 3.18. The molecule has 1 aliphatic rings. The molecule has 24 heavy (non-hydrogen) atoms. The van der Waals surface area contributed by atoms with Crippen molar-refractivity contribution in [2.75, 3.05) is 5.32 Å². The lowest BCUT2D eigenvalue weighted by atomic mass is 9.91. The van der Waals surface area contributed by atoms with E-state index in [9.17, 15) is 9.59 Å². The molecule has 0 unspecified atom stereocenters. The lowest BCUT2D eigenvalue weighted by molar-refractivity contribution is 0.00694. The first-order valence-corrected chi connectivity index (χ1v) is 8.01. The van der Waals surface area contributed by atoms with Crippen LogP contribution in [0.5, 0.6) is 0 Å². The molecule has 2 aromatic carbocycles. The van der Waals surface area contributed by atoms with E-state index in [1.54, 1.807) is 6.07 Å². The number of esters is 1. The molecule has 1 aliphatic heterocycles. The second-order valence-corrected chi connectivity index (χ2v) is 7.07. The highest BCUT2D eigenvalue weighted by Crippen LogP contribution is 2.36. The number of Topliss-reactive ketones (excluding diaryl/α,β-unsaturated/α-hetero) is 1. The van der Waals surface area contributed by atoms with Crippen molar-refractivity contribution >= 4 is 23.1 Å². The van der Waals surface area contributed by atoms with Gasteiger partial charge in [0.1, 0.15) is 5.60 Å². The van der Waals surface area contributed by atoms with Gasteiger partial charge in [0, 0.05) is 17.7 Å². The zero-order chi connectivity index (χ0) is 17.5. The van der Waals surface area contributed by atoms with E-state index < -0.39 is 11.6 Å². The second-order valence-electron chi connectivity index (χ2n) is 7.07. The van der Waals surface area contributed by atoms with Crippen molar-refractivity contribution in [3.05, 3.63) is 58.7 Å². The van der Waals surface area contributed by atoms with Crippen LogP contribution < -0.4 is 5.32 Å². The summed E-state index contributed by atoms with van der Waals surface area (Å²) >= 11 is 0. The fraction of sp³-hybridized carbons (Fsp3) is 0.300. The minimum Gasteiger partial charge on any atom is -0.456 e. The highest BCUT2D eigenvalue weighted by atomic mass is 16.6. The van der Waals surface area contributed by atoms with Crippen LogP contribution >= 0.6 is 0 Å². The van der Waals surface area contributed by atoms with Crippen molar-refractivity contribution in [2.45, 2.75) is 39.7 Å². The van der Waals surface area contributed by atoms with Gasteiger partial charge in [-0.1, -0.05) is 18.2 Å². The maximum atomic E-state index is 12.4. The van der Waals surface area contributed by atoms with E-state index in [-0.39, 0.29) is 5.78 Å². The Kier molecular flexibility index (Phi) is 3.91. The molecule has 0 aromatic heterocycles. The van der Waals surface area contributed by atoms with Crippen LogP contribution in [0.4, 0.5) is 11.4 Å². The molecular weight excluding hydrogens is 302 g/mol. The van der Waals surface area contributed by atoms with Crippen molar-refractivity contribution in [3.8, 4) is 0 Å². The van der Waals surface area contributed by atoms with Crippen molar-refractivity contribution < 1.29 is 14.3 Å². The number of anilines is 2. The Labute approximate surface area is 141 Å². The monoisotopic (exact) mass is 323 g/mol. The minimum absolute atomic E-state index is 0.0801. The van der Waals surface area contributed by atoms with Gasteiger partial charge in [0.25, 0.3) is 0 Å². The maximum Gasteiger partial charge on any atom is 0.338 e.